The van der Waals surface area contributed by atoms with E-state index in [9.17, 15) is 9.59 Å². The van der Waals surface area contributed by atoms with E-state index < -0.39 is 5.79 Å². The monoisotopic (exact) mass is 292 g/mol. The van der Waals surface area contributed by atoms with E-state index in [1.165, 1.54) is 0 Å². The minimum Gasteiger partial charge on any atom is -0.457 e. The van der Waals surface area contributed by atoms with Crippen molar-refractivity contribution < 1.29 is 23.8 Å². The van der Waals surface area contributed by atoms with Gasteiger partial charge in [0.15, 0.2) is 0 Å². The lowest BCUT2D eigenvalue weighted by Crippen LogP contribution is -2.56. The summed E-state index contributed by atoms with van der Waals surface area (Å²) in [5.74, 6) is -1.29. The molecule has 5 heteroatoms. The summed E-state index contributed by atoms with van der Waals surface area (Å²) in [7, 11) is 1.56. The number of hydrogen-bond donors (Lipinski definition) is 0. The molecule has 21 heavy (non-hydrogen) atoms. The molecule has 1 saturated heterocycles. The molecule has 0 aromatic rings. The third kappa shape index (κ3) is 1.36. The van der Waals surface area contributed by atoms with Gasteiger partial charge in [-0.05, 0) is 25.7 Å². The van der Waals surface area contributed by atoms with E-state index in [2.05, 4.69) is 6.92 Å². The van der Waals surface area contributed by atoms with Crippen LogP contribution in [-0.4, -0.2) is 30.9 Å². The van der Waals surface area contributed by atoms with Crippen LogP contribution in [0.1, 0.15) is 39.5 Å². The van der Waals surface area contributed by atoms with Gasteiger partial charge in [-0.15, -0.1) is 0 Å². The largest absolute Gasteiger partial charge is 0.457 e. The van der Waals surface area contributed by atoms with Gasteiger partial charge in [0.1, 0.15) is 6.10 Å². The smallest absolute Gasteiger partial charge is 0.336 e. The first-order valence-corrected chi connectivity index (χ1v) is 7.64. The normalized spacial score (nSPS) is 47.9. The summed E-state index contributed by atoms with van der Waals surface area (Å²) in [6.07, 6.45) is 3.15. The van der Waals surface area contributed by atoms with Crippen molar-refractivity contribution in [2.45, 2.75) is 51.4 Å². The van der Waals surface area contributed by atoms with Crippen LogP contribution in [0.4, 0.5) is 0 Å². The molecule has 0 bridgehead atoms. The summed E-state index contributed by atoms with van der Waals surface area (Å²) in [6.45, 7) is 3.88. The van der Waals surface area contributed by atoms with Gasteiger partial charge in [-0.25, -0.2) is 4.79 Å². The summed E-state index contributed by atoms with van der Waals surface area (Å²) in [5.41, 5.74) is 1.05. The molecule has 5 unspecified atom stereocenters. The summed E-state index contributed by atoms with van der Waals surface area (Å²) in [4.78, 5) is 24.4. The van der Waals surface area contributed by atoms with Crippen LogP contribution in [0.15, 0.2) is 11.1 Å². The topological polar surface area (TPSA) is 61.8 Å². The molecule has 0 aromatic carbocycles. The maximum absolute atomic E-state index is 12.3. The molecule has 5 atom stereocenters. The minimum atomic E-state index is -1.03. The average molecular weight is 292 g/mol. The molecule has 114 valence electrons. The van der Waals surface area contributed by atoms with Crippen LogP contribution in [0, 0.1) is 17.3 Å². The third-order valence-corrected chi connectivity index (χ3v) is 6.24. The lowest BCUT2D eigenvalue weighted by Gasteiger charge is -2.52. The van der Waals surface area contributed by atoms with E-state index in [1.807, 2.05) is 0 Å². The van der Waals surface area contributed by atoms with Gasteiger partial charge in [-0.3, -0.25) is 4.79 Å². The molecule has 0 N–H and O–H groups in total. The van der Waals surface area contributed by atoms with Gasteiger partial charge < -0.3 is 14.2 Å². The number of esters is 2. The summed E-state index contributed by atoms with van der Waals surface area (Å²) in [5, 5.41) is 0. The van der Waals surface area contributed by atoms with Gasteiger partial charge in [-0.2, -0.15) is 0 Å². The van der Waals surface area contributed by atoms with Gasteiger partial charge in [0.25, 0.3) is 0 Å². The molecule has 0 radical (unpaired) electrons. The average Bonchev–Trinajstić information content (AvgIpc) is 2.85. The minimum absolute atomic E-state index is 0.0629. The van der Waals surface area contributed by atoms with E-state index in [4.69, 9.17) is 14.2 Å². The van der Waals surface area contributed by atoms with Crippen molar-refractivity contribution >= 4 is 11.9 Å². The first-order valence-electron chi connectivity index (χ1n) is 7.64. The highest BCUT2D eigenvalue weighted by atomic mass is 16.7. The molecular weight excluding hydrogens is 272 g/mol. The molecule has 2 heterocycles. The van der Waals surface area contributed by atoms with E-state index in [-0.39, 0.29) is 35.3 Å². The molecule has 2 saturated carbocycles. The number of carbonyl (C=O) groups excluding carboxylic acids is 2. The standard InChI is InChI=1S/C16H20O5/c1-8-11-12-15(2)9(5-4-6-10(15)14(18)20-12)7-16(11,19-3)21-13(8)17/h9-10,12H,4-7H2,1-3H3. The van der Waals surface area contributed by atoms with E-state index in [0.29, 0.717) is 12.0 Å². The molecule has 2 aliphatic carbocycles. The number of hydrogen-bond acceptors (Lipinski definition) is 5. The van der Waals surface area contributed by atoms with Crippen LogP contribution < -0.4 is 0 Å². The predicted octanol–water partition coefficient (Wildman–Crippen LogP) is 1.95. The zero-order chi connectivity index (χ0) is 15.0. The zero-order valence-electron chi connectivity index (χ0n) is 12.6. The van der Waals surface area contributed by atoms with Gasteiger partial charge in [0.2, 0.25) is 5.79 Å². The highest BCUT2D eigenvalue weighted by molar-refractivity contribution is 5.93. The lowest BCUT2D eigenvalue weighted by molar-refractivity contribution is -0.223. The van der Waals surface area contributed by atoms with Crippen LogP contribution in [0.3, 0.4) is 0 Å². The number of fused-ring (bicyclic) bond motifs is 2. The Morgan fingerprint density at radius 3 is 2.76 bits per heavy atom. The molecular formula is C16H20O5. The van der Waals surface area contributed by atoms with Crippen LogP contribution in [0.5, 0.6) is 0 Å². The molecule has 2 aliphatic heterocycles. The van der Waals surface area contributed by atoms with Gasteiger partial charge in [0, 0.05) is 24.5 Å². The Morgan fingerprint density at radius 1 is 1.29 bits per heavy atom. The first-order chi connectivity index (χ1) is 9.94. The Kier molecular flexibility index (Phi) is 2.46. The predicted molar refractivity (Wildman–Crippen MR) is 72.0 cm³/mol. The second-order valence-electron chi connectivity index (χ2n) is 6.95. The van der Waals surface area contributed by atoms with Crippen molar-refractivity contribution in [2.75, 3.05) is 7.11 Å². The second kappa shape index (κ2) is 3.88. The Labute approximate surface area is 123 Å². The molecule has 0 spiro atoms. The fourth-order valence-corrected chi connectivity index (χ4v) is 5.04. The Balaban J connectivity index is 1.91. The Morgan fingerprint density at radius 2 is 2.05 bits per heavy atom. The van der Waals surface area contributed by atoms with Crippen molar-refractivity contribution in [1.29, 1.82) is 0 Å². The number of ether oxygens (including phenoxy) is 3. The maximum Gasteiger partial charge on any atom is 0.336 e. The molecule has 5 nitrogen and oxygen atoms in total. The lowest BCUT2D eigenvalue weighted by atomic mass is 9.53. The Hall–Kier alpha value is -1.36. The van der Waals surface area contributed by atoms with Gasteiger partial charge >= 0.3 is 11.9 Å². The van der Waals surface area contributed by atoms with Crippen LogP contribution in [0.25, 0.3) is 0 Å². The van der Waals surface area contributed by atoms with E-state index in [1.54, 1.807) is 14.0 Å². The van der Waals surface area contributed by atoms with Crippen LogP contribution >= 0.6 is 0 Å². The molecule has 4 aliphatic rings. The maximum atomic E-state index is 12.3. The summed E-state index contributed by atoms with van der Waals surface area (Å²) >= 11 is 0. The Bertz CT molecular complexity index is 579. The highest BCUT2D eigenvalue weighted by Gasteiger charge is 2.70. The quantitative estimate of drug-likeness (QED) is 0.691. The van der Waals surface area contributed by atoms with Gasteiger partial charge in [-0.1, -0.05) is 13.3 Å². The van der Waals surface area contributed by atoms with Crippen molar-refractivity contribution in [3.63, 3.8) is 0 Å². The third-order valence-electron chi connectivity index (χ3n) is 6.24. The first kappa shape index (κ1) is 13.3. The van der Waals surface area contributed by atoms with Crippen molar-refractivity contribution in [3.8, 4) is 0 Å². The van der Waals surface area contributed by atoms with Crippen molar-refractivity contribution in [3.05, 3.63) is 11.1 Å². The summed E-state index contributed by atoms with van der Waals surface area (Å²) in [6, 6.07) is 0. The number of methoxy groups -OCH3 is 1. The van der Waals surface area contributed by atoms with E-state index in [0.717, 1.165) is 24.8 Å². The second-order valence-corrected chi connectivity index (χ2v) is 6.95. The number of carbonyl (C=O) groups is 2. The van der Waals surface area contributed by atoms with Gasteiger partial charge in [0.05, 0.1) is 11.5 Å². The fourth-order valence-electron chi connectivity index (χ4n) is 5.04. The van der Waals surface area contributed by atoms with Crippen molar-refractivity contribution in [1.82, 2.24) is 0 Å². The van der Waals surface area contributed by atoms with Crippen LogP contribution in [-0.2, 0) is 23.8 Å². The molecule has 0 aromatic heterocycles. The fraction of sp³-hybridized carbons (Fsp3) is 0.750. The van der Waals surface area contributed by atoms with E-state index >= 15 is 0 Å². The zero-order valence-corrected chi connectivity index (χ0v) is 12.6. The highest BCUT2D eigenvalue weighted by Crippen LogP contribution is 2.64. The molecule has 0 amide bonds. The molecule has 4 rings (SSSR count). The summed E-state index contributed by atoms with van der Waals surface area (Å²) < 4.78 is 16.9. The number of rotatable bonds is 1. The van der Waals surface area contributed by atoms with Crippen LogP contribution in [0.2, 0.25) is 0 Å². The van der Waals surface area contributed by atoms with Crippen molar-refractivity contribution in [2.24, 2.45) is 17.3 Å². The molecule has 3 fully saturated rings. The SMILES string of the molecule is COC12CC3CCCC4C(=O)OC(C1=C(C)C(=O)O2)C34C.